The normalized spacial score (nSPS) is 16.2. The topological polar surface area (TPSA) is 49.4 Å². The Kier molecular flexibility index (Phi) is 2.91. The highest BCUT2D eigenvalue weighted by atomic mass is 32.3. The van der Waals surface area contributed by atoms with Crippen LogP contribution in [0, 0.1) is 0 Å². The molecular formula is C13H12N2O2S2. The number of hydrogen-bond donors (Lipinski definition) is 1. The van der Waals surface area contributed by atoms with Crippen LogP contribution in [-0.2, 0) is 10.0 Å². The van der Waals surface area contributed by atoms with Crippen LogP contribution in [0.25, 0.3) is 0 Å². The van der Waals surface area contributed by atoms with Gasteiger partial charge in [0.1, 0.15) is 4.90 Å². The Hall–Kier alpha value is -1.66. The fourth-order valence-corrected chi connectivity index (χ4v) is 5.06. The van der Waals surface area contributed by atoms with E-state index in [0.29, 0.717) is 10.6 Å². The lowest BCUT2D eigenvalue weighted by Crippen LogP contribution is -2.18. The Morgan fingerprint density at radius 1 is 1.05 bits per heavy atom. The summed E-state index contributed by atoms with van der Waals surface area (Å²) < 4.78 is 26.2. The van der Waals surface area contributed by atoms with Crippen LogP contribution in [0.3, 0.4) is 0 Å². The van der Waals surface area contributed by atoms with Gasteiger partial charge < -0.3 is 5.32 Å². The summed E-state index contributed by atoms with van der Waals surface area (Å²) in [5, 5.41) is 3.01. The fourth-order valence-electron chi connectivity index (χ4n) is 1.91. The van der Waals surface area contributed by atoms with Gasteiger partial charge in [0, 0.05) is 24.7 Å². The van der Waals surface area contributed by atoms with Crippen LogP contribution >= 0.6 is 11.9 Å². The Bertz CT molecular complexity index is 712. The maximum atomic E-state index is 12.4. The van der Waals surface area contributed by atoms with Gasteiger partial charge in [-0.25, -0.2) is 12.1 Å². The van der Waals surface area contributed by atoms with Crippen LogP contribution in [-0.4, -0.2) is 15.5 Å². The summed E-state index contributed by atoms with van der Waals surface area (Å²) in [5.41, 5.74) is 1.60. The minimum absolute atomic E-state index is 0.373. The number of fused-ring (bicyclic) bond motifs is 1. The van der Waals surface area contributed by atoms with E-state index in [-0.39, 0.29) is 0 Å². The summed E-state index contributed by atoms with van der Waals surface area (Å²) in [6, 6.07) is 14.3. The van der Waals surface area contributed by atoms with E-state index in [4.69, 9.17) is 0 Å². The standard InChI is InChI=1S/C13H12N2O2S2/c1-14-10-6-8-11(9-7-10)15-18-12-4-2-3-5-13(12)19(15,16)17/h2-9,14H,1H3. The molecule has 0 atom stereocenters. The SMILES string of the molecule is CNc1ccc(N2Sc3ccccc3S2(=O)=O)cc1. The molecule has 6 heteroatoms. The largest absolute Gasteiger partial charge is 0.388 e. The Labute approximate surface area is 116 Å². The van der Waals surface area contributed by atoms with Crippen molar-refractivity contribution >= 4 is 33.3 Å². The minimum atomic E-state index is -3.44. The molecule has 2 aromatic carbocycles. The molecule has 1 aliphatic rings. The molecule has 0 radical (unpaired) electrons. The second-order valence-corrected chi connectivity index (χ2v) is 7.04. The average Bonchev–Trinajstić information content (AvgIpc) is 2.71. The number of rotatable bonds is 2. The molecule has 19 heavy (non-hydrogen) atoms. The van der Waals surface area contributed by atoms with E-state index in [9.17, 15) is 8.42 Å². The maximum Gasteiger partial charge on any atom is 0.275 e. The molecule has 0 unspecified atom stereocenters. The molecule has 0 saturated carbocycles. The zero-order valence-corrected chi connectivity index (χ0v) is 11.8. The first-order valence-corrected chi connectivity index (χ1v) is 7.94. The molecule has 0 aliphatic carbocycles. The van der Waals surface area contributed by atoms with Crippen LogP contribution < -0.4 is 9.03 Å². The zero-order valence-electron chi connectivity index (χ0n) is 10.2. The second-order valence-electron chi connectivity index (χ2n) is 4.07. The monoisotopic (exact) mass is 292 g/mol. The van der Waals surface area contributed by atoms with E-state index in [2.05, 4.69) is 5.32 Å². The Morgan fingerprint density at radius 2 is 1.74 bits per heavy atom. The number of anilines is 2. The Balaban J connectivity index is 2.04. The first-order chi connectivity index (χ1) is 9.13. The second kappa shape index (κ2) is 4.47. The first-order valence-electron chi connectivity index (χ1n) is 5.73. The van der Waals surface area contributed by atoms with Crippen molar-refractivity contribution in [1.29, 1.82) is 0 Å². The van der Waals surface area contributed by atoms with Gasteiger partial charge in [0.15, 0.2) is 0 Å². The van der Waals surface area contributed by atoms with E-state index in [0.717, 1.165) is 10.6 Å². The van der Waals surface area contributed by atoms with E-state index in [1.54, 1.807) is 24.3 Å². The predicted molar refractivity (Wildman–Crippen MR) is 78.0 cm³/mol. The molecule has 4 nitrogen and oxygen atoms in total. The van der Waals surface area contributed by atoms with Crippen LogP contribution in [0.15, 0.2) is 58.3 Å². The lowest BCUT2D eigenvalue weighted by molar-refractivity contribution is 0.598. The third kappa shape index (κ3) is 1.97. The lowest BCUT2D eigenvalue weighted by Gasteiger charge is -2.15. The van der Waals surface area contributed by atoms with Gasteiger partial charge in [0.2, 0.25) is 0 Å². The number of hydrogen-bond acceptors (Lipinski definition) is 4. The zero-order chi connectivity index (χ0) is 13.5. The maximum absolute atomic E-state index is 12.4. The minimum Gasteiger partial charge on any atom is -0.388 e. The van der Waals surface area contributed by atoms with E-state index in [1.165, 1.54) is 15.7 Å². The van der Waals surface area contributed by atoms with Crippen molar-refractivity contribution in [3.63, 3.8) is 0 Å². The van der Waals surface area contributed by atoms with Crippen LogP contribution in [0.2, 0.25) is 0 Å². The van der Waals surface area contributed by atoms with E-state index in [1.807, 2.05) is 31.3 Å². The Morgan fingerprint density at radius 3 is 2.37 bits per heavy atom. The molecule has 1 N–H and O–H groups in total. The molecule has 98 valence electrons. The molecule has 0 bridgehead atoms. The van der Waals surface area contributed by atoms with Crippen molar-refractivity contribution in [1.82, 2.24) is 0 Å². The smallest absolute Gasteiger partial charge is 0.275 e. The highest BCUT2D eigenvalue weighted by Gasteiger charge is 2.35. The quantitative estimate of drug-likeness (QED) is 0.865. The van der Waals surface area contributed by atoms with Crippen LogP contribution in [0.1, 0.15) is 0 Å². The van der Waals surface area contributed by atoms with Crippen LogP contribution in [0.5, 0.6) is 0 Å². The summed E-state index contributed by atoms with van der Waals surface area (Å²) in [6.07, 6.45) is 0. The van der Waals surface area contributed by atoms with E-state index < -0.39 is 10.0 Å². The highest BCUT2D eigenvalue weighted by Crippen LogP contribution is 2.44. The van der Waals surface area contributed by atoms with E-state index >= 15 is 0 Å². The summed E-state index contributed by atoms with van der Waals surface area (Å²) in [4.78, 5) is 1.14. The molecule has 0 aromatic heterocycles. The fraction of sp³-hybridized carbons (Fsp3) is 0.0769. The molecule has 0 saturated heterocycles. The van der Waals surface area contributed by atoms with Gasteiger partial charge in [-0.15, -0.1) is 0 Å². The van der Waals surface area contributed by atoms with Crippen molar-refractivity contribution in [3.8, 4) is 0 Å². The predicted octanol–water partition coefficient (Wildman–Crippen LogP) is 2.94. The van der Waals surface area contributed by atoms with Gasteiger partial charge in [-0.1, -0.05) is 12.1 Å². The molecular weight excluding hydrogens is 280 g/mol. The summed E-state index contributed by atoms with van der Waals surface area (Å²) in [6.45, 7) is 0. The van der Waals surface area contributed by atoms with Gasteiger partial charge in [0.05, 0.1) is 10.6 Å². The molecule has 0 spiro atoms. The van der Waals surface area contributed by atoms with Crippen molar-refractivity contribution < 1.29 is 8.42 Å². The third-order valence-electron chi connectivity index (χ3n) is 2.89. The molecule has 1 aliphatic heterocycles. The van der Waals surface area contributed by atoms with Crippen molar-refractivity contribution in [2.24, 2.45) is 0 Å². The van der Waals surface area contributed by atoms with Gasteiger partial charge in [-0.05, 0) is 36.4 Å². The van der Waals surface area contributed by atoms with Crippen molar-refractivity contribution in [2.45, 2.75) is 9.79 Å². The van der Waals surface area contributed by atoms with Crippen molar-refractivity contribution in [3.05, 3.63) is 48.5 Å². The number of sulfonamides is 1. The molecule has 1 heterocycles. The van der Waals surface area contributed by atoms with Gasteiger partial charge >= 0.3 is 0 Å². The average molecular weight is 292 g/mol. The summed E-state index contributed by atoms with van der Waals surface area (Å²) in [7, 11) is -1.62. The van der Waals surface area contributed by atoms with Crippen molar-refractivity contribution in [2.75, 3.05) is 16.1 Å². The molecule has 0 amide bonds. The number of benzene rings is 2. The molecule has 0 fully saturated rings. The summed E-state index contributed by atoms with van der Waals surface area (Å²) >= 11 is 1.23. The molecule has 3 rings (SSSR count). The lowest BCUT2D eigenvalue weighted by atomic mass is 10.3. The number of nitrogens with one attached hydrogen (secondary N) is 1. The summed E-state index contributed by atoms with van der Waals surface area (Å²) in [5.74, 6) is 0. The van der Waals surface area contributed by atoms with Gasteiger partial charge in [-0.2, -0.15) is 0 Å². The number of nitrogens with zero attached hydrogens (tertiary/aromatic N) is 1. The highest BCUT2D eigenvalue weighted by molar-refractivity contribution is 8.17. The van der Waals surface area contributed by atoms with Gasteiger partial charge in [0.25, 0.3) is 10.0 Å². The molecule has 2 aromatic rings. The van der Waals surface area contributed by atoms with Crippen LogP contribution in [0.4, 0.5) is 11.4 Å². The first kappa shape index (κ1) is 12.4. The third-order valence-corrected chi connectivity index (χ3v) is 6.32. The van der Waals surface area contributed by atoms with Gasteiger partial charge in [-0.3, -0.25) is 0 Å².